The smallest absolute Gasteiger partial charge is 0.253 e. The highest BCUT2D eigenvalue weighted by Gasteiger charge is 2.15. The first-order valence-electron chi connectivity index (χ1n) is 7.16. The molecule has 0 N–H and O–H groups in total. The zero-order valence-corrected chi connectivity index (χ0v) is 15.4. The Morgan fingerprint density at radius 2 is 1.61 bits per heavy atom. The van der Waals surface area contributed by atoms with Crippen molar-refractivity contribution in [2.24, 2.45) is 0 Å². The van der Waals surface area contributed by atoms with Crippen LogP contribution in [0.4, 0.5) is 0 Å². The summed E-state index contributed by atoms with van der Waals surface area (Å²) < 4.78 is 24.6. The second-order valence-electron chi connectivity index (χ2n) is 5.22. The summed E-state index contributed by atoms with van der Waals surface area (Å²) in [5.41, 5.74) is 1.49. The summed E-state index contributed by atoms with van der Waals surface area (Å²) >= 11 is 3.38. The Morgan fingerprint density at radius 3 is 2.13 bits per heavy atom. The van der Waals surface area contributed by atoms with Crippen LogP contribution in [-0.2, 0) is 16.4 Å². The summed E-state index contributed by atoms with van der Waals surface area (Å²) in [5, 5.41) is 0. The molecule has 23 heavy (non-hydrogen) atoms. The molecule has 0 aliphatic carbocycles. The van der Waals surface area contributed by atoms with Gasteiger partial charge in [-0.05, 0) is 42.0 Å². The van der Waals surface area contributed by atoms with E-state index in [9.17, 15) is 13.2 Å². The van der Waals surface area contributed by atoms with Crippen molar-refractivity contribution in [1.29, 1.82) is 0 Å². The molecule has 6 heteroatoms. The summed E-state index contributed by atoms with van der Waals surface area (Å²) in [6.45, 7) is 2.08. The quantitative estimate of drug-likeness (QED) is 0.777. The second-order valence-corrected chi connectivity index (χ2v) is 8.41. The molecular formula is C17H18BrNO3S. The lowest BCUT2D eigenvalue weighted by Crippen LogP contribution is -2.26. The molecule has 0 saturated carbocycles. The van der Waals surface area contributed by atoms with Crippen LogP contribution in [0, 0.1) is 0 Å². The van der Waals surface area contributed by atoms with Crippen molar-refractivity contribution in [3.8, 4) is 0 Å². The van der Waals surface area contributed by atoms with E-state index < -0.39 is 9.84 Å². The Labute approximate surface area is 145 Å². The van der Waals surface area contributed by atoms with Gasteiger partial charge in [-0.25, -0.2) is 8.42 Å². The minimum atomic E-state index is -3.24. The molecule has 2 aromatic carbocycles. The van der Waals surface area contributed by atoms with Crippen molar-refractivity contribution in [3.63, 3.8) is 0 Å². The number of amides is 1. The predicted octanol–water partition coefficient (Wildman–Crippen LogP) is 3.51. The van der Waals surface area contributed by atoms with E-state index in [2.05, 4.69) is 15.9 Å². The average Bonchev–Trinajstić information content (AvgIpc) is 2.56. The first-order chi connectivity index (χ1) is 10.8. The molecule has 1 amide bonds. The molecule has 2 rings (SSSR count). The van der Waals surface area contributed by atoms with E-state index in [0.717, 1.165) is 10.0 Å². The van der Waals surface area contributed by atoms with Gasteiger partial charge < -0.3 is 4.90 Å². The van der Waals surface area contributed by atoms with Crippen molar-refractivity contribution in [3.05, 3.63) is 64.1 Å². The van der Waals surface area contributed by atoms with Crippen LogP contribution in [0.5, 0.6) is 0 Å². The fourth-order valence-electron chi connectivity index (χ4n) is 2.13. The molecule has 0 aliphatic heterocycles. The van der Waals surface area contributed by atoms with Crippen molar-refractivity contribution in [2.75, 3.05) is 12.8 Å². The van der Waals surface area contributed by atoms with Gasteiger partial charge in [0.05, 0.1) is 10.6 Å². The molecule has 0 heterocycles. The number of benzene rings is 2. The number of halogens is 1. The van der Waals surface area contributed by atoms with Crippen LogP contribution < -0.4 is 0 Å². The number of carbonyl (C=O) groups excluding carboxylic acids is 1. The minimum Gasteiger partial charge on any atom is -0.337 e. The molecular weight excluding hydrogens is 378 g/mol. The maximum atomic E-state index is 12.4. The van der Waals surface area contributed by atoms with Crippen LogP contribution in [-0.4, -0.2) is 32.0 Å². The fourth-order valence-corrected chi connectivity index (χ4v) is 3.28. The maximum Gasteiger partial charge on any atom is 0.253 e. The standard InChI is InChI=1S/C17H18BrNO3S/c1-3-23(21,22)16-10-6-14(7-11-16)17(20)19(2)12-13-4-8-15(18)9-5-13/h4-11H,3,12H2,1-2H3. The summed E-state index contributed by atoms with van der Waals surface area (Å²) in [6, 6.07) is 13.8. The Hall–Kier alpha value is -1.66. The third kappa shape index (κ3) is 4.42. The summed E-state index contributed by atoms with van der Waals surface area (Å²) in [4.78, 5) is 14.3. The molecule has 0 fully saturated rings. The predicted molar refractivity (Wildman–Crippen MR) is 94.1 cm³/mol. The monoisotopic (exact) mass is 395 g/mol. The van der Waals surface area contributed by atoms with E-state index in [1.165, 1.54) is 12.1 Å². The molecule has 0 atom stereocenters. The fraction of sp³-hybridized carbons (Fsp3) is 0.235. The SMILES string of the molecule is CCS(=O)(=O)c1ccc(C(=O)N(C)Cc2ccc(Br)cc2)cc1. The summed E-state index contributed by atoms with van der Waals surface area (Å²) in [5.74, 6) is -0.0996. The molecule has 0 saturated heterocycles. The zero-order valence-electron chi connectivity index (χ0n) is 13.0. The second kappa shape index (κ2) is 7.27. The van der Waals surface area contributed by atoms with Gasteiger partial charge in [0, 0.05) is 23.6 Å². The molecule has 122 valence electrons. The number of sulfone groups is 1. The average molecular weight is 396 g/mol. The molecule has 0 bridgehead atoms. The van der Waals surface area contributed by atoms with Gasteiger partial charge in [-0.2, -0.15) is 0 Å². The molecule has 2 aromatic rings. The van der Waals surface area contributed by atoms with Crippen LogP contribution in [0.2, 0.25) is 0 Å². The van der Waals surface area contributed by atoms with Crippen molar-refractivity contribution in [2.45, 2.75) is 18.4 Å². The molecule has 0 unspecified atom stereocenters. The van der Waals surface area contributed by atoms with Gasteiger partial charge in [-0.1, -0.05) is 35.0 Å². The van der Waals surface area contributed by atoms with Gasteiger partial charge in [0.25, 0.3) is 5.91 Å². The van der Waals surface area contributed by atoms with E-state index in [4.69, 9.17) is 0 Å². The van der Waals surface area contributed by atoms with Crippen LogP contribution >= 0.6 is 15.9 Å². The van der Waals surface area contributed by atoms with Crippen molar-refractivity contribution >= 4 is 31.7 Å². The molecule has 4 nitrogen and oxygen atoms in total. The van der Waals surface area contributed by atoms with Gasteiger partial charge in [0.15, 0.2) is 9.84 Å². The van der Waals surface area contributed by atoms with Crippen LogP contribution in [0.25, 0.3) is 0 Å². The van der Waals surface area contributed by atoms with E-state index in [0.29, 0.717) is 12.1 Å². The van der Waals surface area contributed by atoms with Gasteiger partial charge >= 0.3 is 0 Å². The molecule has 0 aliphatic rings. The highest BCUT2D eigenvalue weighted by atomic mass is 79.9. The zero-order chi connectivity index (χ0) is 17.0. The lowest BCUT2D eigenvalue weighted by molar-refractivity contribution is 0.0785. The first kappa shape index (κ1) is 17.7. The largest absolute Gasteiger partial charge is 0.337 e. The Balaban J connectivity index is 2.12. The first-order valence-corrected chi connectivity index (χ1v) is 9.60. The maximum absolute atomic E-state index is 12.4. The Bertz CT molecular complexity index is 784. The third-order valence-corrected chi connectivity index (χ3v) is 5.80. The normalized spacial score (nSPS) is 11.3. The van der Waals surface area contributed by atoms with Gasteiger partial charge in [-0.3, -0.25) is 4.79 Å². The van der Waals surface area contributed by atoms with Gasteiger partial charge in [-0.15, -0.1) is 0 Å². The molecule has 0 aromatic heterocycles. The number of nitrogens with zero attached hydrogens (tertiary/aromatic N) is 1. The summed E-state index contributed by atoms with van der Waals surface area (Å²) in [7, 11) is -1.52. The topological polar surface area (TPSA) is 54.5 Å². The number of carbonyl (C=O) groups is 1. The van der Waals surface area contributed by atoms with Crippen LogP contribution in [0.3, 0.4) is 0 Å². The van der Waals surface area contributed by atoms with E-state index in [-0.39, 0.29) is 16.6 Å². The van der Waals surface area contributed by atoms with E-state index in [1.807, 2.05) is 24.3 Å². The van der Waals surface area contributed by atoms with Crippen molar-refractivity contribution < 1.29 is 13.2 Å². The highest BCUT2D eigenvalue weighted by molar-refractivity contribution is 9.10. The number of hydrogen-bond acceptors (Lipinski definition) is 3. The third-order valence-electron chi connectivity index (χ3n) is 3.52. The lowest BCUT2D eigenvalue weighted by atomic mass is 10.1. The van der Waals surface area contributed by atoms with E-state index in [1.54, 1.807) is 31.0 Å². The number of rotatable bonds is 5. The minimum absolute atomic E-state index is 0.0454. The van der Waals surface area contributed by atoms with Gasteiger partial charge in [0.2, 0.25) is 0 Å². The molecule has 0 spiro atoms. The summed E-state index contributed by atoms with van der Waals surface area (Å²) in [6.07, 6.45) is 0. The van der Waals surface area contributed by atoms with E-state index >= 15 is 0 Å². The molecule has 0 radical (unpaired) electrons. The van der Waals surface area contributed by atoms with Crippen LogP contribution in [0.15, 0.2) is 57.9 Å². The Kier molecular flexibility index (Phi) is 5.59. The highest BCUT2D eigenvalue weighted by Crippen LogP contribution is 2.15. The Morgan fingerprint density at radius 1 is 1.04 bits per heavy atom. The van der Waals surface area contributed by atoms with Crippen LogP contribution in [0.1, 0.15) is 22.8 Å². The van der Waals surface area contributed by atoms with Crippen molar-refractivity contribution in [1.82, 2.24) is 4.90 Å². The lowest BCUT2D eigenvalue weighted by Gasteiger charge is -2.17. The number of hydrogen-bond donors (Lipinski definition) is 0. The van der Waals surface area contributed by atoms with Gasteiger partial charge in [0.1, 0.15) is 0 Å².